The first-order valence-electron chi connectivity index (χ1n) is 7.19. The molecule has 1 aromatic carbocycles. The maximum absolute atomic E-state index is 13.0. The smallest absolute Gasteiger partial charge is 0.224 e. The van der Waals surface area contributed by atoms with Crippen LogP contribution in [0.15, 0.2) is 18.2 Å². The van der Waals surface area contributed by atoms with Gasteiger partial charge in [-0.2, -0.15) is 0 Å². The number of carbonyl (C=O) groups is 2. The first-order chi connectivity index (χ1) is 10.5. The van der Waals surface area contributed by atoms with Crippen molar-refractivity contribution < 1.29 is 14.0 Å². The minimum atomic E-state index is -0.466. The molecule has 1 fully saturated rings. The Balaban J connectivity index is 1.74. The van der Waals surface area contributed by atoms with Crippen molar-refractivity contribution in [2.75, 3.05) is 38.0 Å². The highest BCUT2D eigenvalue weighted by Crippen LogP contribution is 2.19. The Morgan fingerprint density at radius 1 is 1.23 bits per heavy atom. The quantitative estimate of drug-likeness (QED) is 0.920. The molecular formula is C15H19ClFN3O2. The molecule has 1 aliphatic rings. The molecule has 0 spiro atoms. The molecule has 0 unspecified atom stereocenters. The van der Waals surface area contributed by atoms with Gasteiger partial charge < -0.3 is 15.1 Å². The molecule has 0 saturated carbocycles. The molecule has 0 radical (unpaired) electrons. The lowest BCUT2D eigenvalue weighted by Crippen LogP contribution is -2.50. The van der Waals surface area contributed by atoms with Gasteiger partial charge in [-0.25, -0.2) is 4.39 Å². The Morgan fingerprint density at radius 3 is 2.45 bits per heavy atom. The number of amides is 2. The van der Waals surface area contributed by atoms with Crippen LogP contribution in [0, 0.1) is 5.82 Å². The van der Waals surface area contributed by atoms with E-state index in [0.717, 1.165) is 0 Å². The number of halogens is 2. The van der Waals surface area contributed by atoms with Gasteiger partial charge in [-0.3, -0.25) is 9.59 Å². The average Bonchev–Trinajstić information content (AvgIpc) is 2.51. The third-order valence-corrected chi connectivity index (χ3v) is 3.95. The Morgan fingerprint density at radius 2 is 1.86 bits per heavy atom. The number of hydrogen-bond donors (Lipinski definition) is 1. The Kier molecular flexibility index (Phi) is 5.60. The molecule has 0 aliphatic carbocycles. The molecule has 2 rings (SSSR count). The lowest BCUT2D eigenvalue weighted by Gasteiger charge is -2.34. The summed E-state index contributed by atoms with van der Waals surface area (Å²) in [5.74, 6) is -0.377. The average molecular weight is 328 g/mol. The number of rotatable bonds is 4. The van der Waals surface area contributed by atoms with Crippen LogP contribution in [0.3, 0.4) is 0 Å². The summed E-state index contributed by atoms with van der Waals surface area (Å²) in [6.45, 7) is 4.30. The molecule has 120 valence electrons. The monoisotopic (exact) mass is 327 g/mol. The van der Waals surface area contributed by atoms with Gasteiger partial charge in [0.05, 0.1) is 5.02 Å². The van der Waals surface area contributed by atoms with E-state index >= 15 is 0 Å². The van der Waals surface area contributed by atoms with Crippen LogP contribution < -0.4 is 5.32 Å². The second kappa shape index (κ2) is 7.45. The zero-order valence-electron chi connectivity index (χ0n) is 12.4. The number of nitrogens with zero attached hydrogens (tertiary/aromatic N) is 2. The van der Waals surface area contributed by atoms with Crippen molar-refractivity contribution in [1.82, 2.24) is 9.80 Å². The van der Waals surface area contributed by atoms with Gasteiger partial charge in [0.1, 0.15) is 5.82 Å². The van der Waals surface area contributed by atoms with Gasteiger partial charge in [-0.05, 0) is 18.2 Å². The van der Waals surface area contributed by atoms with Gasteiger partial charge in [0.2, 0.25) is 11.8 Å². The third kappa shape index (κ3) is 4.34. The van der Waals surface area contributed by atoms with Crippen LogP contribution in [-0.2, 0) is 9.59 Å². The van der Waals surface area contributed by atoms with E-state index in [1.165, 1.54) is 19.1 Å². The van der Waals surface area contributed by atoms with Crippen LogP contribution in [-0.4, -0.2) is 54.3 Å². The fraction of sp³-hybridized carbons (Fsp3) is 0.467. The highest BCUT2D eigenvalue weighted by atomic mass is 35.5. The van der Waals surface area contributed by atoms with Crippen molar-refractivity contribution in [3.05, 3.63) is 29.0 Å². The highest BCUT2D eigenvalue weighted by Gasteiger charge is 2.21. The van der Waals surface area contributed by atoms with E-state index < -0.39 is 5.82 Å². The van der Waals surface area contributed by atoms with Crippen LogP contribution >= 0.6 is 11.6 Å². The summed E-state index contributed by atoms with van der Waals surface area (Å²) in [6.07, 6.45) is 0.342. The predicted molar refractivity (Wildman–Crippen MR) is 83.4 cm³/mol. The molecule has 0 atom stereocenters. The number of anilines is 1. The molecule has 1 aliphatic heterocycles. The normalized spacial score (nSPS) is 14.9. The molecule has 22 heavy (non-hydrogen) atoms. The minimum absolute atomic E-state index is 0.0435. The van der Waals surface area contributed by atoms with Crippen molar-refractivity contribution in [3.63, 3.8) is 0 Å². The number of hydrogen-bond acceptors (Lipinski definition) is 3. The van der Waals surface area contributed by atoms with Crippen molar-refractivity contribution >= 4 is 29.1 Å². The van der Waals surface area contributed by atoms with Gasteiger partial charge >= 0.3 is 0 Å². The van der Waals surface area contributed by atoms with Crippen molar-refractivity contribution in [1.29, 1.82) is 0 Å². The molecule has 1 saturated heterocycles. The number of nitrogens with one attached hydrogen (secondary N) is 1. The van der Waals surface area contributed by atoms with Crippen molar-refractivity contribution in [2.45, 2.75) is 13.3 Å². The Labute approximate surface area is 134 Å². The standard InChI is InChI=1S/C15H19ClFN3O2/c1-11(21)19-6-8-20(9-7-19)15(22)4-5-18-12-2-3-14(17)13(16)10-12/h2-3,10,18H,4-9H2,1H3. The van der Waals surface area contributed by atoms with Crippen LogP contribution in [0.4, 0.5) is 10.1 Å². The van der Waals surface area contributed by atoms with Gasteiger partial charge in [-0.1, -0.05) is 11.6 Å². The molecule has 7 heteroatoms. The summed E-state index contributed by atoms with van der Waals surface area (Å²) in [7, 11) is 0. The summed E-state index contributed by atoms with van der Waals surface area (Å²) in [6, 6.07) is 4.36. The van der Waals surface area contributed by atoms with Crippen molar-refractivity contribution in [3.8, 4) is 0 Å². The van der Waals surface area contributed by atoms with E-state index in [-0.39, 0.29) is 16.8 Å². The zero-order valence-corrected chi connectivity index (χ0v) is 13.2. The largest absolute Gasteiger partial charge is 0.384 e. The number of benzene rings is 1. The number of carbonyl (C=O) groups excluding carboxylic acids is 2. The first kappa shape index (κ1) is 16.5. The van der Waals surface area contributed by atoms with Crippen LogP contribution in [0.25, 0.3) is 0 Å². The molecular weight excluding hydrogens is 309 g/mol. The second-order valence-electron chi connectivity index (χ2n) is 5.19. The predicted octanol–water partition coefficient (Wildman–Crippen LogP) is 1.97. The second-order valence-corrected chi connectivity index (χ2v) is 5.60. The van der Waals surface area contributed by atoms with E-state index in [2.05, 4.69) is 5.32 Å². The topological polar surface area (TPSA) is 52.7 Å². The zero-order chi connectivity index (χ0) is 16.1. The summed E-state index contributed by atoms with van der Waals surface area (Å²) >= 11 is 5.69. The van der Waals surface area contributed by atoms with Gasteiger partial charge in [0, 0.05) is 51.8 Å². The summed E-state index contributed by atoms with van der Waals surface area (Å²) < 4.78 is 13.0. The molecule has 1 aromatic rings. The number of piperazine rings is 1. The van der Waals surface area contributed by atoms with E-state index in [4.69, 9.17) is 11.6 Å². The van der Waals surface area contributed by atoms with Gasteiger partial charge in [-0.15, -0.1) is 0 Å². The maximum Gasteiger partial charge on any atom is 0.224 e. The van der Waals surface area contributed by atoms with E-state index in [0.29, 0.717) is 44.8 Å². The summed E-state index contributed by atoms with van der Waals surface area (Å²) in [5, 5.41) is 3.10. The lowest BCUT2D eigenvalue weighted by atomic mass is 10.2. The molecule has 5 nitrogen and oxygen atoms in total. The van der Waals surface area contributed by atoms with Crippen LogP contribution in [0.1, 0.15) is 13.3 Å². The van der Waals surface area contributed by atoms with E-state index in [1.807, 2.05) is 0 Å². The summed E-state index contributed by atoms with van der Waals surface area (Å²) in [5.41, 5.74) is 0.681. The fourth-order valence-electron chi connectivity index (χ4n) is 2.35. The van der Waals surface area contributed by atoms with Gasteiger partial charge in [0.25, 0.3) is 0 Å². The van der Waals surface area contributed by atoms with Crippen molar-refractivity contribution in [2.24, 2.45) is 0 Å². The SMILES string of the molecule is CC(=O)N1CCN(C(=O)CCNc2ccc(F)c(Cl)c2)CC1. The fourth-order valence-corrected chi connectivity index (χ4v) is 2.53. The van der Waals surface area contributed by atoms with E-state index in [9.17, 15) is 14.0 Å². The van der Waals surface area contributed by atoms with Crippen LogP contribution in [0.5, 0.6) is 0 Å². The molecule has 0 aromatic heterocycles. The Hall–Kier alpha value is -1.82. The van der Waals surface area contributed by atoms with Crippen LogP contribution in [0.2, 0.25) is 5.02 Å². The molecule has 0 bridgehead atoms. The first-order valence-corrected chi connectivity index (χ1v) is 7.57. The van der Waals surface area contributed by atoms with E-state index in [1.54, 1.807) is 15.9 Å². The lowest BCUT2D eigenvalue weighted by molar-refractivity contribution is -0.138. The maximum atomic E-state index is 13.0. The molecule has 2 amide bonds. The molecule has 1 heterocycles. The highest BCUT2D eigenvalue weighted by molar-refractivity contribution is 6.31. The summed E-state index contributed by atoms with van der Waals surface area (Å²) in [4.78, 5) is 26.8. The minimum Gasteiger partial charge on any atom is -0.384 e. The molecule has 1 N–H and O–H groups in total. The van der Waals surface area contributed by atoms with Gasteiger partial charge in [0.15, 0.2) is 0 Å². The Bertz CT molecular complexity index is 560. The third-order valence-electron chi connectivity index (χ3n) is 3.67.